The molecule has 0 atom stereocenters. The molecule has 0 heterocycles. The molecular weight excluding hydrogens is 312 g/mol. The van der Waals surface area contributed by atoms with E-state index in [1.165, 1.54) is 0 Å². The summed E-state index contributed by atoms with van der Waals surface area (Å²) in [6.07, 6.45) is 0.371. The maximum absolute atomic E-state index is 12.0. The predicted octanol–water partition coefficient (Wildman–Crippen LogP) is 2.40. The standard InChI is InChI=1S/C13H17BrN2O3/c1-13(2,6-5-11(17)18)16-12(19)8-3-4-9(14)10(15)7-8/h3-4,7H,5-6,15H2,1-2H3,(H,16,19)(H,17,18). The maximum Gasteiger partial charge on any atom is 0.303 e. The molecule has 0 radical (unpaired) electrons. The van der Waals surface area contributed by atoms with Crippen molar-refractivity contribution in [3.63, 3.8) is 0 Å². The summed E-state index contributed by atoms with van der Waals surface area (Å²) in [6, 6.07) is 4.93. The number of nitrogen functional groups attached to an aromatic ring is 1. The summed E-state index contributed by atoms with van der Waals surface area (Å²) in [7, 11) is 0. The Bertz CT molecular complexity index is 501. The summed E-state index contributed by atoms with van der Waals surface area (Å²) in [5.74, 6) is -1.15. The summed E-state index contributed by atoms with van der Waals surface area (Å²) >= 11 is 3.26. The number of amides is 1. The smallest absolute Gasteiger partial charge is 0.303 e. The van der Waals surface area contributed by atoms with E-state index < -0.39 is 11.5 Å². The molecule has 0 aliphatic rings. The number of nitrogens with two attached hydrogens (primary N) is 1. The van der Waals surface area contributed by atoms with Crippen LogP contribution in [0.4, 0.5) is 5.69 Å². The topological polar surface area (TPSA) is 92.4 Å². The zero-order valence-corrected chi connectivity index (χ0v) is 12.5. The van der Waals surface area contributed by atoms with E-state index in [9.17, 15) is 9.59 Å². The van der Waals surface area contributed by atoms with Crippen molar-refractivity contribution in [3.8, 4) is 0 Å². The van der Waals surface area contributed by atoms with Crippen molar-refractivity contribution in [2.24, 2.45) is 0 Å². The number of halogens is 1. The van der Waals surface area contributed by atoms with Gasteiger partial charge in [-0.25, -0.2) is 0 Å². The lowest BCUT2D eigenvalue weighted by molar-refractivity contribution is -0.137. The third kappa shape index (κ3) is 4.90. The Morgan fingerprint density at radius 3 is 2.58 bits per heavy atom. The first-order valence-corrected chi connectivity index (χ1v) is 6.60. The van der Waals surface area contributed by atoms with Crippen molar-refractivity contribution >= 4 is 33.5 Å². The molecule has 0 bridgehead atoms. The van der Waals surface area contributed by atoms with E-state index in [4.69, 9.17) is 10.8 Å². The van der Waals surface area contributed by atoms with E-state index in [0.29, 0.717) is 17.7 Å². The van der Waals surface area contributed by atoms with Gasteiger partial charge in [-0.1, -0.05) is 0 Å². The fraction of sp³-hybridized carbons (Fsp3) is 0.385. The van der Waals surface area contributed by atoms with Crippen LogP contribution in [0.15, 0.2) is 22.7 Å². The Morgan fingerprint density at radius 2 is 2.05 bits per heavy atom. The molecule has 4 N–H and O–H groups in total. The summed E-state index contributed by atoms with van der Waals surface area (Å²) in [5.41, 5.74) is 6.06. The third-order valence-corrected chi connectivity index (χ3v) is 3.40. The lowest BCUT2D eigenvalue weighted by atomic mass is 9.97. The molecule has 1 amide bonds. The van der Waals surface area contributed by atoms with Gasteiger partial charge in [0.1, 0.15) is 0 Å². The van der Waals surface area contributed by atoms with Gasteiger partial charge in [0.05, 0.1) is 0 Å². The van der Waals surface area contributed by atoms with Gasteiger partial charge < -0.3 is 16.2 Å². The van der Waals surface area contributed by atoms with Crippen LogP contribution in [0.1, 0.15) is 37.0 Å². The third-order valence-electron chi connectivity index (χ3n) is 2.67. The number of hydrogen-bond donors (Lipinski definition) is 3. The van der Waals surface area contributed by atoms with Gasteiger partial charge in [0.25, 0.3) is 5.91 Å². The minimum atomic E-state index is -0.879. The van der Waals surface area contributed by atoms with Crippen molar-refractivity contribution in [1.29, 1.82) is 0 Å². The average Bonchev–Trinajstić information content (AvgIpc) is 2.29. The van der Waals surface area contributed by atoms with Gasteiger partial charge >= 0.3 is 5.97 Å². The normalized spacial score (nSPS) is 11.1. The first-order chi connectivity index (χ1) is 8.71. The van der Waals surface area contributed by atoms with Crippen molar-refractivity contribution in [2.45, 2.75) is 32.2 Å². The van der Waals surface area contributed by atoms with Crippen LogP contribution in [0, 0.1) is 0 Å². The second kappa shape index (κ2) is 6.06. The molecule has 19 heavy (non-hydrogen) atoms. The number of benzene rings is 1. The minimum absolute atomic E-state index is 0.00968. The van der Waals surface area contributed by atoms with Gasteiger partial charge in [0.15, 0.2) is 0 Å². The molecule has 5 nitrogen and oxygen atoms in total. The van der Waals surface area contributed by atoms with Gasteiger partial charge in [-0.05, 0) is 54.4 Å². The van der Waals surface area contributed by atoms with Crippen molar-refractivity contribution < 1.29 is 14.7 Å². The number of aliphatic carboxylic acids is 1. The Labute approximate surface area is 120 Å². The highest BCUT2D eigenvalue weighted by Gasteiger charge is 2.22. The fourth-order valence-corrected chi connectivity index (χ4v) is 1.79. The lowest BCUT2D eigenvalue weighted by Gasteiger charge is -2.25. The van der Waals surface area contributed by atoms with E-state index in [-0.39, 0.29) is 12.3 Å². The Morgan fingerprint density at radius 1 is 1.42 bits per heavy atom. The van der Waals surface area contributed by atoms with Crippen LogP contribution in [0.2, 0.25) is 0 Å². The highest BCUT2D eigenvalue weighted by atomic mass is 79.9. The lowest BCUT2D eigenvalue weighted by Crippen LogP contribution is -2.43. The maximum atomic E-state index is 12.0. The van der Waals surface area contributed by atoms with E-state index >= 15 is 0 Å². The van der Waals surface area contributed by atoms with E-state index in [2.05, 4.69) is 21.2 Å². The van der Waals surface area contributed by atoms with Gasteiger partial charge in [0, 0.05) is 27.7 Å². The van der Waals surface area contributed by atoms with E-state index in [0.717, 1.165) is 4.47 Å². The molecule has 1 aromatic carbocycles. The summed E-state index contributed by atoms with van der Waals surface area (Å²) in [4.78, 5) is 22.6. The van der Waals surface area contributed by atoms with Crippen LogP contribution in [-0.2, 0) is 4.79 Å². The Kier molecular flexibility index (Phi) is 4.94. The van der Waals surface area contributed by atoms with Crippen LogP contribution in [-0.4, -0.2) is 22.5 Å². The van der Waals surface area contributed by atoms with Gasteiger partial charge in [-0.3, -0.25) is 9.59 Å². The molecule has 1 aromatic rings. The zero-order valence-electron chi connectivity index (χ0n) is 10.9. The van der Waals surface area contributed by atoms with Crippen LogP contribution >= 0.6 is 15.9 Å². The summed E-state index contributed by atoms with van der Waals surface area (Å²) < 4.78 is 0.731. The number of carbonyl (C=O) groups excluding carboxylic acids is 1. The average molecular weight is 329 g/mol. The monoisotopic (exact) mass is 328 g/mol. The highest BCUT2D eigenvalue weighted by molar-refractivity contribution is 9.10. The zero-order chi connectivity index (χ0) is 14.6. The van der Waals surface area contributed by atoms with E-state index in [1.807, 2.05) is 0 Å². The Hall–Kier alpha value is -1.56. The summed E-state index contributed by atoms with van der Waals surface area (Å²) in [5, 5.41) is 11.5. The molecule has 104 valence electrons. The number of hydrogen-bond acceptors (Lipinski definition) is 3. The quantitative estimate of drug-likeness (QED) is 0.723. The number of carbonyl (C=O) groups is 2. The fourth-order valence-electron chi connectivity index (χ4n) is 1.55. The summed E-state index contributed by atoms with van der Waals surface area (Å²) in [6.45, 7) is 3.58. The number of carboxylic acids is 1. The van der Waals surface area contributed by atoms with Gasteiger partial charge in [-0.2, -0.15) is 0 Å². The number of rotatable bonds is 5. The molecule has 0 fully saturated rings. The van der Waals surface area contributed by atoms with Crippen molar-refractivity contribution in [2.75, 3.05) is 5.73 Å². The van der Waals surface area contributed by atoms with Crippen LogP contribution in [0.5, 0.6) is 0 Å². The second-order valence-electron chi connectivity index (χ2n) is 4.97. The minimum Gasteiger partial charge on any atom is -0.481 e. The van der Waals surface area contributed by atoms with Crippen molar-refractivity contribution in [1.82, 2.24) is 5.32 Å². The molecule has 0 saturated carbocycles. The molecular formula is C13H17BrN2O3. The van der Waals surface area contributed by atoms with Crippen molar-refractivity contribution in [3.05, 3.63) is 28.2 Å². The predicted molar refractivity (Wildman–Crippen MR) is 77.0 cm³/mol. The van der Waals surface area contributed by atoms with Gasteiger partial charge in [0.2, 0.25) is 0 Å². The number of anilines is 1. The first kappa shape index (κ1) is 15.5. The molecule has 0 aliphatic heterocycles. The number of carboxylic acid groups (broad SMARTS) is 1. The highest BCUT2D eigenvalue weighted by Crippen LogP contribution is 2.21. The SMILES string of the molecule is CC(C)(CCC(=O)O)NC(=O)c1ccc(Br)c(N)c1. The van der Waals surface area contributed by atoms with Crippen LogP contribution in [0.3, 0.4) is 0 Å². The van der Waals surface area contributed by atoms with E-state index in [1.54, 1.807) is 32.0 Å². The molecule has 0 unspecified atom stereocenters. The first-order valence-electron chi connectivity index (χ1n) is 5.80. The molecule has 0 aliphatic carbocycles. The second-order valence-corrected chi connectivity index (χ2v) is 5.82. The molecule has 6 heteroatoms. The molecule has 0 saturated heterocycles. The van der Waals surface area contributed by atoms with Gasteiger partial charge in [-0.15, -0.1) is 0 Å². The number of nitrogens with one attached hydrogen (secondary N) is 1. The molecule has 1 rings (SSSR count). The largest absolute Gasteiger partial charge is 0.481 e. The molecule has 0 aromatic heterocycles. The molecule has 0 spiro atoms. The Balaban J connectivity index is 2.72. The van der Waals surface area contributed by atoms with Crippen LogP contribution < -0.4 is 11.1 Å². The van der Waals surface area contributed by atoms with Crippen LogP contribution in [0.25, 0.3) is 0 Å².